The molecule has 0 aliphatic carbocycles. The van der Waals surface area contributed by atoms with Crippen molar-refractivity contribution in [2.45, 2.75) is 45.6 Å². The van der Waals surface area contributed by atoms with Crippen LogP contribution in [0.5, 0.6) is 0 Å². The number of likely N-dealkylation sites (tertiary alicyclic amines) is 1. The zero-order chi connectivity index (χ0) is 17.4. The van der Waals surface area contributed by atoms with Crippen molar-refractivity contribution in [3.63, 3.8) is 0 Å². The first-order valence-corrected chi connectivity index (χ1v) is 8.79. The van der Waals surface area contributed by atoms with Crippen LogP contribution in [-0.4, -0.2) is 32.5 Å². The number of fused-ring (bicyclic) bond motifs is 1. The molecule has 1 aromatic carbocycles. The van der Waals surface area contributed by atoms with E-state index in [0.717, 1.165) is 31.3 Å². The standard InChI is InChI=1S/C19H22N4O2/c1-12-5-3-6-15-14(11-20-18(12)15)8-9-17(24)23-10-4-7-16(23)19-21-13(2)25-22-19/h3,5-6,11,16,20H,4,7-10H2,1-2H3. The molecule has 0 bridgehead atoms. The minimum absolute atomic E-state index is 0.0461. The molecule has 3 aromatic rings. The summed E-state index contributed by atoms with van der Waals surface area (Å²) in [7, 11) is 0. The number of aromatic amines is 1. The summed E-state index contributed by atoms with van der Waals surface area (Å²) in [5.41, 5.74) is 3.58. The van der Waals surface area contributed by atoms with Crippen molar-refractivity contribution in [2.24, 2.45) is 0 Å². The third-order valence-corrected chi connectivity index (χ3v) is 5.03. The van der Waals surface area contributed by atoms with Gasteiger partial charge in [-0.15, -0.1) is 0 Å². The van der Waals surface area contributed by atoms with Gasteiger partial charge in [0.15, 0.2) is 5.82 Å². The van der Waals surface area contributed by atoms with Crippen LogP contribution >= 0.6 is 0 Å². The minimum Gasteiger partial charge on any atom is -0.361 e. The summed E-state index contributed by atoms with van der Waals surface area (Å²) in [5.74, 6) is 1.33. The summed E-state index contributed by atoms with van der Waals surface area (Å²) < 4.78 is 5.08. The van der Waals surface area contributed by atoms with Gasteiger partial charge in [0.2, 0.25) is 11.8 Å². The molecule has 1 fully saturated rings. The highest BCUT2D eigenvalue weighted by atomic mass is 16.5. The number of amides is 1. The van der Waals surface area contributed by atoms with Crippen LogP contribution in [0, 0.1) is 13.8 Å². The number of H-pyrrole nitrogens is 1. The van der Waals surface area contributed by atoms with Gasteiger partial charge in [-0.2, -0.15) is 4.98 Å². The van der Waals surface area contributed by atoms with Gasteiger partial charge in [0.25, 0.3) is 0 Å². The maximum atomic E-state index is 12.8. The number of aromatic nitrogens is 3. The number of carbonyl (C=O) groups is 1. The summed E-state index contributed by atoms with van der Waals surface area (Å²) in [6.45, 7) is 4.64. The van der Waals surface area contributed by atoms with Crippen molar-refractivity contribution in [1.82, 2.24) is 20.0 Å². The molecule has 4 rings (SSSR count). The van der Waals surface area contributed by atoms with Crippen LogP contribution in [0.25, 0.3) is 10.9 Å². The second-order valence-corrected chi connectivity index (χ2v) is 6.73. The largest absolute Gasteiger partial charge is 0.361 e. The average Bonchev–Trinajstić information content (AvgIpc) is 3.32. The molecule has 1 N–H and O–H groups in total. The fourth-order valence-electron chi connectivity index (χ4n) is 3.74. The number of nitrogens with zero attached hydrogens (tertiary/aromatic N) is 3. The lowest BCUT2D eigenvalue weighted by molar-refractivity contribution is -0.132. The van der Waals surface area contributed by atoms with Gasteiger partial charge in [0, 0.05) is 37.0 Å². The second-order valence-electron chi connectivity index (χ2n) is 6.73. The van der Waals surface area contributed by atoms with Gasteiger partial charge in [-0.25, -0.2) is 0 Å². The Labute approximate surface area is 146 Å². The van der Waals surface area contributed by atoms with Gasteiger partial charge in [-0.3, -0.25) is 4.79 Å². The predicted octanol–water partition coefficient (Wildman–Crippen LogP) is 3.46. The quantitative estimate of drug-likeness (QED) is 0.790. The van der Waals surface area contributed by atoms with Crippen molar-refractivity contribution < 1.29 is 9.32 Å². The Balaban J connectivity index is 1.47. The number of para-hydroxylation sites is 1. The predicted molar refractivity (Wildman–Crippen MR) is 94.1 cm³/mol. The summed E-state index contributed by atoms with van der Waals surface area (Å²) in [4.78, 5) is 22.3. The Bertz CT molecular complexity index is 911. The fraction of sp³-hybridized carbons (Fsp3) is 0.421. The molecule has 1 atom stereocenters. The molecular formula is C19H22N4O2. The van der Waals surface area contributed by atoms with Crippen molar-refractivity contribution >= 4 is 16.8 Å². The highest BCUT2D eigenvalue weighted by Crippen LogP contribution is 2.31. The number of nitrogens with one attached hydrogen (secondary N) is 1. The summed E-state index contributed by atoms with van der Waals surface area (Å²) >= 11 is 0. The molecule has 1 unspecified atom stereocenters. The van der Waals surface area contributed by atoms with Gasteiger partial charge in [0.05, 0.1) is 6.04 Å². The number of hydrogen-bond donors (Lipinski definition) is 1. The molecule has 2 aromatic heterocycles. The van der Waals surface area contributed by atoms with E-state index in [9.17, 15) is 4.79 Å². The van der Waals surface area contributed by atoms with E-state index >= 15 is 0 Å². The van der Waals surface area contributed by atoms with Crippen molar-refractivity contribution in [2.75, 3.05) is 6.54 Å². The molecule has 1 amide bonds. The Morgan fingerprint density at radius 2 is 2.28 bits per heavy atom. The summed E-state index contributed by atoms with van der Waals surface area (Å²) in [6.07, 6.45) is 5.13. The van der Waals surface area contributed by atoms with E-state index in [1.807, 2.05) is 11.1 Å². The lowest BCUT2D eigenvalue weighted by atomic mass is 10.1. The normalized spacial score (nSPS) is 17.5. The number of benzene rings is 1. The smallest absolute Gasteiger partial charge is 0.223 e. The Morgan fingerprint density at radius 3 is 3.08 bits per heavy atom. The lowest BCUT2D eigenvalue weighted by Crippen LogP contribution is -2.31. The molecule has 1 aliphatic heterocycles. The number of aryl methyl sites for hydroxylation is 3. The van der Waals surface area contributed by atoms with Gasteiger partial charge in [0.1, 0.15) is 0 Å². The monoisotopic (exact) mass is 338 g/mol. The molecule has 6 heteroatoms. The van der Waals surface area contributed by atoms with Crippen molar-refractivity contribution in [3.8, 4) is 0 Å². The van der Waals surface area contributed by atoms with E-state index in [2.05, 4.69) is 40.2 Å². The third-order valence-electron chi connectivity index (χ3n) is 5.03. The molecule has 0 spiro atoms. The second kappa shape index (κ2) is 6.35. The fourth-order valence-corrected chi connectivity index (χ4v) is 3.74. The van der Waals surface area contributed by atoms with Gasteiger partial charge < -0.3 is 14.4 Å². The summed E-state index contributed by atoms with van der Waals surface area (Å²) in [6, 6.07) is 6.22. The van der Waals surface area contributed by atoms with E-state index in [-0.39, 0.29) is 11.9 Å². The highest BCUT2D eigenvalue weighted by Gasteiger charge is 2.32. The van der Waals surface area contributed by atoms with Gasteiger partial charge in [-0.1, -0.05) is 23.4 Å². The topological polar surface area (TPSA) is 75.0 Å². The highest BCUT2D eigenvalue weighted by molar-refractivity contribution is 5.86. The molecule has 3 heterocycles. The molecule has 25 heavy (non-hydrogen) atoms. The average molecular weight is 338 g/mol. The third kappa shape index (κ3) is 2.92. The van der Waals surface area contributed by atoms with Crippen LogP contribution < -0.4 is 0 Å². The Hall–Kier alpha value is -2.63. The molecule has 0 radical (unpaired) electrons. The Morgan fingerprint density at radius 1 is 1.40 bits per heavy atom. The lowest BCUT2D eigenvalue weighted by Gasteiger charge is -2.22. The minimum atomic E-state index is -0.0461. The Kier molecular flexibility index (Phi) is 4.03. The van der Waals surface area contributed by atoms with Crippen LogP contribution in [-0.2, 0) is 11.2 Å². The van der Waals surface area contributed by atoms with E-state index in [1.54, 1.807) is 6.92 Å². The van der Waals surface area contributed by atoms with E-state index in [0.29, 0.717) is 18.1 Å². The van der Waals surface area contributed by atoms with E-state index in [1.165, 1.54) is 16.5 Å². The SMILES string of the molecule is Cc1nc(C2CCCN2C(=O)CCc2c[nH]c3c(C)cccc23)no1. The molecule has 1 aliphatic rings. The van der Waals surface area contributed by atoms with Crippen LogP contribution in [0.15, 0.2) is 28.9 Å². The number of hydrogen-bond acceptors (Lipinski definition) is 4. The van der Waals surface area contributed by atoms with Gasteiger partial charge in [-0.05, 0) is 37.3 Å². The summed E-state index contributed by atoms with van der Waals surface area (Å²) in [5, 5.41) is 5.21. The first kappa shape index (κ1) is 15.9. The van der Waals surface area contributed by atoms with Crippen LogP contribution in [0.3, 0.4) is 0 Å². The number of rotatable bonds is 4. The maximum Gasteiger partial charge on any atom is 0.223 e. The van der Waals surface area contributed by atoms with Crippen LogP contribution in [0.1, 0.15) is 48.1 Å². The van der Waals surface area contributed by atoms with E-state index < -0.39 is 0 Å². The van der Waals surface area contributed by atoms with Crippen LogP contribution in [0.4, 0.5) is 0 Å². The van der Waals surface area contributed by atoms with E-state index in [4.69, 9.17) is 4.52 Å². The molecule has 1 saturated heterocycles. The maximum absolute atomic E-state index is 12.8. The van der Waals surface area contributed by atoms with Crippen LogP contribution in [0.2, 0.25) is 0 Å². The molecule has 130 valence electrons. The first-order valence-electron chi connectivity index (χ1n) is 8.79. The van der Waals surface area contributed by atoms with Gasteiger partial charge >= 0.3 is 0 Å². The molecule has 6 nitrogen and oxygen atoms in total. The van der Waals surface area contributed by atoms with Crippen molar-refractivity contribution in [1.29, 1.82) is 0 Å². The van der Waals surface area contributed by atoms with Crippen molar-refractivity contribution in [3.05, 3.63) is 47.2 Å². The zero-order valence-electron chi connectivity index (χ0n) is 14.6. The zero-order valence-corrected chi connectivity index (χ0v) is 14.6. The molecule has 0 saturated carbocycles. The number of carbonyl (C=O) groups excluding carboxylic acids is 1. The molecular weight excluding hydrogens is 316 g/mol. The first-order chi connectivity index (χ1) is 12.1.